The fourth-order valence-electron chi connectivity index (χ4n) is 3.16. The van der Waals surface area contributed by atoms with E-state index in [1.54, 1.807) is 22.7 Å². The molecule has 0 aliphatic carbocycles. The number of methoxy groups -OCH3 is 2. The normalized spacial score (nSPS) is 10.8. The number of carbonyl (C=O) groups is 1. The van der Waals surface area contributed by atoms with Crippen LogP contribution in [0.15, 0.2) is 36.4 Å². The first kappa shape index (κ1) is 21.7. The van der Waals surface area contributed by atoms with Gasteiger partial charge in [0, 0.05) is 11.3 Å². The Kier molecular flexibility index (Phi) is 6.01. The van der Waals surface area contributed by atoms with Crippen molar-refractivity contribution in [2.75, 3.05) is 19.5 Å². The van der Waals surface area contributed by atoms with Crippen LogP contribution < -0.4 is 20.1 Å². The first-order valence-electron chi connectivity index (χ1n) is 9.54. The molecular weight excluding hydrogens is 448 g/mol. The average molecular weight is 469 g/mol. The lowest BCUT2D eigenvalue weighted by molar-refractivity contribution is 0.0971. The number of aryl methyl sites for hydroxylation is 2. The van der Waals surface area contributed by atoms with Gasteiger partial charge >= 0.3 is 0 Å². The number of ether oxygens (including phenoxy) is 2. The van der Waals surface area contributed by atoms with E-state index in [0.29, 0.717) is 11.5 Å². The summed E-state index contributed by atoms with van der Waals surface area (Å²) in [6.45, 7) is 3.81. The molecule has 32 heavy (non-hydrogen) atoms. The third kappa shape index (κ3) is 4.12. The number of carbonyl (C=O) groups excluding carboxylic acids is 1. The third-order valence-electron chi connectivity index (χ3n) is 4.75. The van der Waals surface area contributed by atoms with Crippen molar-refractivity contribution < 1.29 is 14.3 Å². The van der Waals surface area contributed by atoms with Gasteiger partial charge in [0.15, 0.2) is 10.9 Å². The molecule has 9 nitrogen and oxygen atoms in total. The van der Waals surface area contributed by atoms with Crippen LogP contribution in [0.3, 0.4) is 0 Å². The minimum Gasteiger partial charge on any atom is -0.496 e. The summed E-state index contributed by atoms with van der Waals surface area (Å²) in [5.41, 5.74) is 2.94. The highest BCUT2D eigenvalue weighted by atomic mass is 32.1. The van der Waals surface area contributed by atoms with Crippen LogP contribution in [0.5, 0.6) is 11.5 Å². The van der Waals surface area contributed by atoms with E-state index in [1.165, 1.54) is 25.6 Å². The summed E-state index contributed by atoms with van der Waals surface area (Å²) in [6.07, 6.45) is 0. The molecule has 2 aromatic carbocycles. The number of rotatable bonds is 5. The minimum atomic E-state index is -0.429. The molecule has 0 radical (unpaired) electrons. The molecule has 0 atom stereocenters. The van der Waals surface area contributed by atoms with E-state index in [2.05, 4.69) is 25.9 Å². The Labute approximate surface area is 193 Å². The first-order chi connectivity index (χ1) is 15.4. The summed E-state index contributed by atoms with van der Waals surface area (Å²) in [4.78, 5) is 13.5. The Morgan fingerprint density at radius 2 is 1.81 bits per heavy atom. The number of amides is 1. The van der Waals surface area contributed by atoms with Crippen LogP contribution >= 0.6 is 23.6 Å². The van der Waals surface area contributed by atoms with Gasteiger partial charge in [-0.3, -0.25) is 10.1 Å². The van der Waals surface area contributed by atoms with Crippen molar-refractivity contribution in [2.24, 2.45) is 0 Å². The first-order valence-corrected chi connectivity index (χ1v) is 10.8. The highest BCUT2D eigenvalue weighted by Gasteiger charge is 2.19. The van der Waals surface area contributed by atoms with Gasteiger partial charge in [-0.25, -0.2) is 0 Å². The maximum Gasteiger partial charge on any atom is 0.264 e. The van der Waals surface area contributed by atoms with Crippen molar-refractivity contribution in [3.63, 3.8) is 0 Å². The van der Waals surface area contributed by atoms with Gasteiger partial charge in [-0.2, -0.15) is 9.61 Å². The minimum absolute atomic E-state index is 0.160. The number of nitrogens with one attached hydrogen (secondary N) is 2. The Morgan fingerprint density at radius 1 is 1.09 bits per heavy atom. The smallest absolute Gasteiger partial charge is 0.264 e. The lowest BCUT2D eigenvalue weighted by Gasteiger charge is -2.15. The van der Waals surface area contributed by atoms with Crippen molar-refractivity contribution >= 4 is 45.2 Å². The molecule has 4 rings (SSSR count). The van der Waals surface area contributed by atoms with Crippen LogP contribution in [0, 0.1) is 13.8 Å². The van der Waals surface area contributed by atoms with Gasteiger partial charge in [0.2, 0.25) is 4.96 Å². The topological polar surface area (TPSA) is 103 Å². The fraction of sp³-hybridized carbons (Fsp3) is 0.190. The van der Waals surface area contributed by atoms with Gasteiger partial charge in [0.1, 0.15) is 22.1 Å². The highest BCUT2D eigenvalue weighted by molar-refractivity contribution is 7.80. The highest BCUT2D eigenvalue weighted by Crippen LogP contribution is 2.29. The lowest BCUT2D eigenvalue weighted by atomic mass is 10.1. The molecule has 2 heterocycles. The number of anilines is 1. The third-order valence-corrected chi connectivity index (χ3v) is 5.90. The van der Waals surface area contributed by atoms with Gasteiger partial charge in [-0.1, -0.05) is 17.4 Å². The van der Waals surface area contributed by atoms with Gasteiger partial charge < -0.3 is 14.8 Å². The molecule has 1 amide bonds. The van der Waals surface area contributed by atoms with Crippen molar-refractivity contribution in [3.8, 4) is 22.1 Å². The molecule has 11 heteroatoms. The number of thiocarbonyl (C=S) groups is 1. The van der Waals surface area contributed by atoms with E-state index < -0.39 is 5.91 Å². The Bertz CT molecular complexity index is 1310. The molecule has 0 aliphatic heterocycles. The maximum atomic E-state index is 12.8. The van der Waals surface area contributed by atoms with Crippen LogP contribution in [0.25, 0.3) is 15.5 Å². The summed E-state index contributed by atoms with van der Waals surface area (Å²) in [7, 11) is 2.98. The van der Waals surface area contributed by atoms with Gasteiger partial charge in [0.25, 0.3) is 5.91 Å². The summed E-state index contributed by atoms with van der Waals surface area (Å²) in [5, 5.41) is 19.4. The molecule has 164 valence electrons. The van der Waals surface area contributed by atoms with Crippen LogP contribution in [-0.4, -0.2) is 45.1 Å². The molecule has 0 aliphatic rings. The number of benzene rings is 2. The summed E-state index contributed by atoms with van der Waals surface area (Å²) >= 11 is 6.81. The second-order valence-electron chi connectivity index (χ2n) is 6.82. The number of aromatic nitrogens is 4. The number of hydrogen-bond donors (Lipinski definition) is 2. The predicted octanol–water partition coefficient (Wildman–Crippen LogP) is 3.61. The molecule has 4 aromatic rings. The van der Waals surface area contributed by atoms with E-state index >= 15 is 0 Å². The van der Waals surface area contributed by atoms with E-state index in [0.717, 1.165) is 32.6 Å². The monoisotopic (exact) mass is 468 g/mol. The van der Waals surface area contributed by atoms with Crippen molar-refractivity contribution in [1.82, 2.24) is 25.1 Å². The zero-order valence-corrected chi connectivity index (χ0v) is 19.4. The summed E-state index contributed by atoms with van der Waals surface area (Å²) < 4.78 is 12.3. The Morgan fingerprint density at radius 3 is 2.44 bits per heavy atom. The van der Waals surface area contributed by atoms with E-state index in [1.807, 2.05) is 32.0 Å². The maximum absolute atomic E-state index is 12.8. The molecule has 0 bridgehead atoms. The van der Waals surface area contributed by atoms with Crippen LogP contribution in [-0.2, 0) is 0 Å². The molecule has 2 aromatic heterocycles. The average Bonchev–Trinajstić information content (AvgIpc) is 3.36. The summed E-state index contributed by atoms with van der Waals surface area (Å²) in [5.74, 6) is 1.10. The Balaban J connectivity index is 1.50. The van der Waals surface area contributed by atoms with Gasteiger partial charge in [-0.05, 0) is 62.0 Å². The Hall–Kier alpha value is -3.57. The molecule has 0 spiro atoms. The molecule has 0 saturated carbocycles. The van der Waals surface area contributed by atoms with Gasteiger partial charge in [-0.15, -0.1) is 10.2 Å². The van der Waals surface area contributed by atoms with Crippen molar-refractivity contribution in [2.45, 2.75) is 13.8 Å². The second-order valence-corrected chi connectivity index (χ2v) is 8.19. The number of fused-ring (bicyclic) bond motifs is 1. The van der Waals surface area contributed by atoms with E-state index in [9.17, 15) is 4.79 Å². The van der Waals surface area contributed by atoms with Crippen LogP contribution in [0.1, 0.15) is 21.7 Å². The standard InChI is InChI=1S/C21H20N6O3S2/c1-11-10-13(19-26-27-12(2)24-25-21(27)32-19)8-9-14(11)22-20(31)23-18(28)17-15(29-3)6-5-7-16(17)30-4/h5-10H,1-4H3,(H2,22,23,28,31). The summed E-state index contributed by atoms with van der Waals surface area (Å²) in [6, 6.07) is 10.9. The van der Waals surface area contributed by atoms with Crippen molar-refractivity contribution in [3.05, 3.63) is 53.3 Å². The SMILES string of the molecule is COc1cccc(OC)c1C(=O)NC(=S)Nc1ccc(-c2nn3c(C)nnc3s2)cc1C. The fourth-order valence-corrected chi connectivity index (χ4v) is 4.25. The van der Waals surface area contributed by atoms with Gasteiger partial charge in [0.05, 0.1) is 14.2 Å². The van der Waals surface area contributed by atoms with E-state index in [4.69, 9.17) is 21.7 Å². The molecule has 0 saturated heterocycles. The predicted molar refractivity (Wildman–Crippen MR) is 127 cm³/mol. The zero-order chi connectivity index (χ0) is 22.8. The zero-order valence-electron chi connectivity index (χ0n) is 17.8. The number of hydrogen-bond acceptors (Lipinski definition) is 8. The number of nitrogens with zero attached hydrogens (tertiary/aromatic N) is 4. The lowest BCUT2D eigenvalue weighted by Crippen LogP contribution is -2.34. The van der Waals surface area contributed by atoms with Crippen molar-refractivity contribution in [1.29, 1.82) is 0 Å². The molecule has 0 fully saturated rings. The van der Waals surface area contributed by atoms with Crippen LogP contribution in [0.2, 0.25) is 0 Å². The van der Waals surface area contributed by atoms with Crippen LogP contribution in [0.4, 0.5) is 5.69 Å². The molecule has 2 N–H and O–H groups in total. The quantitative estimate of drug-likeness (QED) is 0.428. The van der Waals surface area contributed by atoms with E-state index in [-0.39, 0.29) is 10.7 Å². The molecular formula is C21H20N6O3S2. The largest absolute Gasteiger partial charge is 0.496 e. The molecule has 0 unspecified atom stereocenters. The second kappa shape index (κ2) is 8.89.